The molecule has 0 bridgehead atoms. The minimum atomic E-state index is -3.70. The minimum Gasteiger partial charge on any atom is -0.497 e. The van der Waals surface area contributed by atoms with E-state index in [2.05, 4.69) is 4.72 Å². The van der Waals surface area contributed by atoms with Gasteiger partial charge in [0.1, 0.15) is 5.75 Å². The second kappa shape index (κ2) is 8.79. The van der Waals surface area contributed by atoms with E-state index >= 15 is 0 Å². The number of carbonyl (C=O) groups is 2. The third-order valence-corrected chi connectivity index (χ3v) is 5.36. The van der Waals surface area contributed by atoms with E-state index in [0.717, 1.165) is 0 Å². The predicted molar refractivity (Wildman–Crippen MR) is 99.6 cm³/mol. The van der Waals surface area contributed by atoms with Crippen LogP contribution < -0.4 is 9.46 Å². The number of sulfonamides is 1. The minimum absolute atomic E-state index is 0.0385. The third kappa shape index (κ3) is 5.15. The molecule has 0 aromatic heterocycles. The molecule has 2 aromatic rings. The summed E-state index contributed by atoms with van der Waals surface area (Å²) >= 11 is 0. The van der Waals surface area contributed by atoms with Crippen molar-refractivity contribution in [3.63, 3.8) is 0 Å². The van der Waals surface area contributed by atoms with Crippen molar-refractivity contribution in [2.24, 2.45) is 0 Å². The summed E-state index contributed by atoms with van der Waals surface area (Å²) in [6.45, 7) is 3.10. The number of methoxy groups -OCH3 is 1. The summed E-state index contributed by atoms with van der Waals surface area (Å²) in [7, 11) is -2.18. The maximum absolute atomic E-state index is 12.3. The Hall–Kier alpha value is -2.71. The van der Waals surface area contributed by atoms with Crippen molar-refractivity contribution < 1.29 is 27.5 Å². The van der Waals surface area contributed by atoms with Gasteiger partial charge < -0.3 is 9.47 Å². The van der Waals surface area contributed by atoms with Gasteiger partial charge in [-0.1, -0.05) is 13.0 Å². The van der Waals surface area contributed by atoms with Crippen molar-refractivity contribution in [1.29, 1.82) is 0 Å². The van der Waals surface area contributed by atoms with Crippen LogP contribution in [0.25, 0.3) is 0 Å². The van der Waals surface area contributed by atoms with Crippen LogP contribution in [-0.2, 0) is 14.8 Å². The van der Waals surface area contributed by atoms with Crippen LogP contribution in [0, 0.1) is 6.92 Å². The van der Waals surface area contributed by atoms with Gasteiger partial charge in [-0.3, -0.25) is 4.79 Å². The number of aryl methyl sites for hydroxylation is 1. The molecule has 0 spiro atoms. The molecular weight excluding hydrogens is 370 g/mol. The lowest BCUT2D eigenvalue weighted by Gasteiger charge is -2.10. The molecule has 0 radical (unpaired) electrons. The van der Waals surface area contributed by atoms with E-state index in [1.54, 1.807) is 38.1 Å². The largest absolute Gasteiger partial charge is 0.497 e. The first-order valence-corrected chi connectivity index (χ1v) is 9.71. The van der Waals surface area contributed by atoms with Crippen molar-refractivity contribution in [3.05, 3.63) is 59.2 Å². The Kier molecular flexibility index (Phi) is 6.70. The van der Waals surface area contributed by atoms with Crippen molar-refractivity contribution in [2.45, 2.75) is 18.7 Å². The van der Waals surface area contributed by atoms with E-state index in [4.69, 9.17) is 9.47 Å². The van der Waals surface area contributed by atoms with Crippen molar-refractivity contribution in [2.75, 3.05) is 20.3 Å². The van der Waals surface area contributed by atoms with Gasteiger partial charge in [-0.05, 0) is 48.9 Å². The number of Topliss-reactive ketones (excluding diaryl/α,β-unsaturated/α-hetero) is 1. The average Bonchev–Trinajstić information content (AvgIpc) is 2.66. The van der Waals surface area contributed by atoms with E-state index in [0.29, 0.717) is 16.9 Å². The first-order chi connectivity index (χ1) is 12.8. The molecule has 7 nitrogen and oxygen atoms in total. The van der Waals surface area contributed by atoms with Crippen LogP contribution in [0.4, 0.5) is 0 Å². The second-order valence-electron chi connectivity index (χ2n) is 5.71. The van der Waals surface area contributed by atoms with Gasteiger partial charge in [0.25, 0.3) is 0 Å². The summed E-state index contributed by atoms with van der Waals surface area (Å²) in [5.41, 5.74) is 1.02. The van der Waals surface area contributed by atoms with E-state index in [1.807, 2.05) is 0 Å². The molecule has 0 heterocycles. The molecule has 0 amide bonds. The molecule has 144 valence electrons. The van der Waals surface area contributed by atoms with Crippen LogP contribution in [0.15, 0.2) is 47.4 Å². The molecule has 1 N–H and O–H groups in total. The smallest absolute Gasteiger partial charge is 0.338 e. The van der Waals surface area contributed by atoms with E-state index in [-0.39, 0.29) is 22.8 Å². The van der Waals surface area contributed by atoms with Gasteiger partial charge in [0.05, 0.1) is 17.6 Å². The highest BCUT2D eigenvalue weighted by Gasteiger charge is 2.19. The Balaban J connectivity index is 2.12. The van der Waals surface area contributed by atoms with Crippen LogP contribution in [0.3, 0.4) is 0 Å². The Morgan fingerprint density at radius 2 is 1.74 bits per heavy atom. The number of ketones is 1. The summed E-state index contributed by atoms with van der Waals surface area (Å²) in [6.07, 6.45) is 0. The van der Waals surface area contributed by atoms with Crippen LogP contribution in [0.1, 0.15) is 33.2 Å². The molecule has 0 aliphatic rings. The molecule has 0 aliphatic heterocycles. The molecule has 2 rings (SSSR count). The number of carbonyl (C=O) groups excluding carboxylic acids is 2. The Bertz CT molecular complexity index is 935. The lowest BCUT2D eigenvalue weighted by atomic mass is 10.1. The molecule has 0 saturated carbocycles. The normalized spacial score (nSPS) is 11.1. The van der Waals surface area contributed by atoms with E-state index < -0.39 is 22.6 Å². The number of esters is 1. The van der Waals surface area contributed by atoms with E-state index in [9.17, 15) is 18.0 Å². The summed E-state index contributed by atoms with van der Waals surface area (Å²) in [6, 6.07) is 10.6. The maximum atomic E-state index is 12.3. The van der Waals surface area contributed by atoms with Gasteiger partial charge in [-0.2, -0.15) is 0 Å². The molecule has 0 saturated heterocycles. The standard InChI is InChI=1S/C19H21NO6S/c1-4-20-27(23,24)16-10-5-13(2)17(11-16)19(22)26-12-18(21)14-6-8-15(25-3)9-7-14/h5-11,20H,4,12H2,1-3H3. The SMILES string of the molecule is CCNS(=O)(=O)c1ccc(C)c(C(=O)OCC(=O)c2ccc(OC)cc2)c1. The molecule has 2 aromatic carbocycles. The molecule has 0 unspecified atom stereocenters. The van der Waals surface area contributed by atoms with Crippen molar-refractivity contribution in [1.82, 2.24) is 4.72 Å². The number of hydrogen-bond donors (Lipinski definition) is 1. The maximum Gasteiger partial charge on any atom is 0.338 e. The van der Waals surface area contributed by atoms with Gasteiger partial charge >= 0.3 is 5.97 Å². The quantitative estimate of drug-likeness (QED) is 0.548. The Labute approximate surface area is 158 Å². The lowest BCUT2D eigenvalue weighted by molar-refractivity contribution is 0.0473. The van der Waals surface area contributed by atoms with E-state index in [1.165, 1.54) is 25.3 Å². The highest BCUT2D eigenvalue weighted by atomic mass is 32.2. The first kappa shape index (κ1) is 20.6. The zero-order valence-electron chi connectivity index (χ0n) is 15.3. The lowest BCUT2D eigenvalue weighted by Crippen LogP contribution is -2.23. The van der Waals surface area contributed by atoms with Gasteiger partial charge in [0.15, 0.2) is 12.4 Å². The van der Waals surface area contributed by atoms with Crippen molar-refractivity contribution >= 4 is 21.8 Å². The number of benzene rings is 2. The summed E-state index contributed by atoms with van der Waals surface area (Å²) in [5, 5.41) is 0. The number of ether oxygens (including phenoxy) is 2. The van der Waals surface area contributed by atoms with Crippen LogP contribution in [0.2, 0.25) is 0 Å². The fourth-order valence-electron chi connectivity index (χ4n) is 2.33. The number of hydrogen-bond acceptors (Lipinski definition) is 6. The molecule has 27 heavy (non-hydrogen) atoms. The number of rotatable bonds is 8. The van der Waals surface area contributed by atoms with Gasteiger partial charge in [-0.25, -0.2) is 17.9 Å². The van der Waals surface area contributed by atoms with Crippen LogP contribution >= 0.6 is 0 Å². The third-order valence-electron chi connectivity index (χ3n) is 3.82. The molecule has 0 atom stereocenters. The zero-order chi connectivity index (χ0) is 20.0. The van der Waals surface area contributed by atoms with Crippen LogP contribution in [0.5, 0.6) is 5.75 Å². The van der Waals surface area contributed by atoms with Gasteiger partial charge in [0.2, 0.25) is 10.0 Å². The Morgan fingerprint density at radius 3 is 2.33 bits per heavy atom. The summed E-state index contributed by atoms with van der Waals surface area (Å²) in [5.74, 6) is -0.527. The van der Waals surface area contributed by atoms with Crippen LogP contribution in [-0.4, -0.2) is 40.4 Å². The fraction of sp³-hybridized carbons (Fsp3) is 0.263. The molecule has 0 aliphatic carbocycles. The molecular formula is C19H21NO6S. The Morgan fingerprint density at radius 1 is 1.07 bits per heavy atom. The monoisotopic (exact) mass is 391 g/mol. The highest BCUT2D eigenvalue weighted by molar-refractivity contribution is 7.89. The van der Waals surface area contributed by atoms with Gasteiger partial charge in [-0.15, -0.1) is 0 Å². The van der Waals surface area contributed by atoms with Crippen molar-refractivity contribution in [3.8, 4) is 5.75 Å². The highest BCUT2D eigenvalue weighted by Crippen LogP contribution is 2.17. The number of nitrogens with one attached hydrogen (secondary N) is 1. The second-order valence-corrected chi connectivity index (χ2v) is 7.47. The molecule has 8 heteroatoms. The zero-order valence-corrected chi connectivity index (χ0v) is 16.1. The average molecular weight is 391 g/mol. The molecule has 0 fully saturated rings. The predicted octanol–water partition coefficient (Wildman–Crippen LogP) is 2.34. The van der Waals surface area contributed by atoms with Gasteiger partial charge in [0, 0.05) is 12.1 Å². The first-order valence-electron chi connectivity index (χ1n) is 8.23. The summed E-state index contributed by atoms with van der Waals surface area (Å²) in [4.78, 5) is 24.4. The summed E-state index contributed by atoms with van der Waals surface area (Å²) < 4.78 is 36.6. The topological polar surface area (TPSA) is 98.8 Å². The fourth-order valence-corrected chi connectivity index (χ4v) is 3.40.